The van der Waals surface area contributed by atoms with E-state index in [0.717, 1.165) is 35.0 Å². The highest BCUT2D eigenvalue weighted by Crippen LogP contribution is 2.42. The van der Waals surface area contributed by atoms with Crippen LogP contribution in [0.1, 0.15) is 40.3 Å². The second-order valence-electron chi connectivity index (χ2n) is 7.30. The van der Waals surface area contributed by atoms with Crippen LogP contribution in [0.25, 0.3) is 0 Å². The maximum absolute atomic E-state index is 9.61. The van der Waals surface area contributed by atoms with Gasteiger partial charge in [0.1, 0.15) is 25.0 Å². The van der Waals surface area contributed by atoms with Gasteiger partial charge in [0.25, 0.3) is 0 Å². The summed E-state index contributed by atoms with van der Waals surface area (Å²) in [6.07, 6.45) is 5.60. The largest absolute Gasteiger partial charge is 0.489 e. The number of alkyl halides is 1. The van der Waals surface area contributed by atoms with Crippen LogP contribution in [0.2, 0.25) is 5.02 Å². The fraction of sp³-hybridized carbons (Fsp3) is 0.292. The summed E-state index contributed by atoms with van der Waals surface area (Å²) in [5.41, 5.74) is 4.74. The van der Waals surface area contributed by atoms with Crippen LogP contribution in [0, 0.1) is 11.3 Å². The summed E-state index contributed by atoms with van der Waals surface area (Å²) in [5.74, 6) is 1.65. The van der Waals surface area contributed by atoms with Crippen molar-refractivity contribution in [3.05, 3.63) is 75.6 Å². The maximum Gasteiger partial charge on any atom is 0.187 e. The molecule has 3 aromatic rings. The Balaban J connectivity index is 1.57. The molecule has 0 bridgehead atoms. The zero-order valence-corrected chi connectivity index (χ0v) is 19.8. The minimum atomic E-state index is 0.141. The lowest BCUT2D eigenvalue weighted by molar-refractivity contribution is 0.299. The molecule has 0 amide bonds. The quantitative estimate of drug-likeness (QED) is 0.221. The van der Waals surface area contributed by atoms with Gasteiger partial charge in [0, 0.05) is 12.1 Å². The van der Waals surface area contributed by atoms with E-state index in [0.29, 0.717) is 35.4 Å². The van der Waals surface area contributed by atoms with Crippen LogP contribution in [0.15, 0.2) is 47.8 Å². The highest BCUT2D eigenvalue weighted by molar-refractivity contribution is 7.98. The third-order valence-electron chi connectivity index (χ3n) is 5.37. The molecule has 0 saturated carbocycles. The lowest BCUT2D eigenvalue weighted by atomic mass is 9.91. The molecule has 1 atom stereocenters. The Morgan fingerprint density at radius 3 is 2.88 bits per heavy atom. The Morgan fingerprint density at radius 2 is 2.09 bits per heavy atom. The van der Waals surface area contributed by atoms with Gasteiger partial charge in [0.15, 0.2) is 10.9 Å². The topological polar surface area (TPSA) is 68.0 Å². The van der Waals surface area contributed by atoms with Crippen molar-refractivity contribution in [1.82, 2.24) is 9.97 Å². The monoisotopic (exact) mass is 485 g/mol. The molecule has 0 fully saturated rings. The first-order valence-corrected chi connectivity index (χ1v) is 12.3. The van der Waals surface area contributed by atoms with Crippen molar-refractivity contribution in [2.24, 2.45) is 0 Å². The number of benzene rings is 2. The molecule has 2 aromatic carbocycles. The van der Waals surface area contributed by atoms with E-state index in [2.05, 4.69) is 28.2 Å². The van der Waals surface area contributed by atoms with Crippen LogP contribution in [-0.4, -0.2) is 28.7 Å². The van der Waals surface area contributed by atoms with Crippen molar-refractivity contribution in [1.29, 1.82) is 5.26 Å². The molecule has 8 heteroatoms. The number of aryl methyl sites for hydroxylation is 1. The smallest absolute Gasteiger partial charge is 0.187 e. The number of nitrogens with zero attached hydrogens (tertiary/aromatic N) is 3. The second kappa shape index (κ2) is 10.4. The molecule has 1 heterocycles. The van der Waals surface area contributed by atoms with Gasteiger partial charge < -0.3 is 9.47 Å². The van der Waals surface area contributed by atoms with E-state index in [4.69, 9.17) is 32.7 Å². The molecular weight excluding hydrogens is 465 g/mol. The normalized spacial score (nSPS) is 14.6. The van der Waals surface area contributed by atoms with Crippen LogP contribution in [0.3, 0.4) is 0 Å². The predicted octanol–water partition coefficient (Wildman–Crippen LogP) is 6.00. The number of fused-ring (bicyclic) bond motifs is 1. The third-order valence-corrected chi connectivity index (χ3v) is 6.36. The number of hydrogen-bond donors (Lipinski definition) is 0. The summed E-state index contributed by atoms with van der Waals surface area (Å²) in [4.78, 5) is 8.66. The van der Waals surface area contributed by atoms with E-state index in [-0.39, 0.29) is 5.92 Å². The summed E-state index contributed by atoms with van der Waals surface area (Å²) in [6, 6.07) is 14.0. The van der Waals surface area contributed by atoms with Crippen LogP contribution >= 0.6 is 35.0 Å². The Hall–Kier alpha value is -2.46. The Kier molecular flexibility index (Phi) is 7.41. The van der Waals surface area contributed by atoms with Gasteiger partial charge in [0.05, 0.1) is 22.2 Å². The first kappa shape index (κ1) is 22.7. The molecule has 1 aliphatic rings. The molecule has 32 heavy (non-hydrogen) atoms. The van der Waals surface area contributed by atoms with Crippen molar-refractivity contribution in [2.75, 3.05) is 18.7 Å². The lowest BCUT2D eigenvalue weighted by Gasteiger charge is -2.17. The number of hydrogen-bond acceptors (Lipinski definition) is 6. The number of thioether (sulfide) groups is 1. The molecule has 1 aliphatic carbocycles. The molecule has 4 rings (SSSR count). The molecule has 1 aromatic heterocycles. The van der Waals surface area contributed by atoms with Gasteiger partial charge in [0.2, 0.25) is 0 Å². The molecule has 5 nitrogen and oxygen atoms in total. The van der Waals surface area contributed by atoms with Crippen LogP contribution in [0.4, 0.5) is 0 Å². The minimum Gasteiger partial charge on any atom is -0.489 e. The summed E-state index contributed by atoms with van der Waals surface area (Å²) in [6.45, 7) is 0.670. The van der Waals surface area contributed by atoms with E-state index in [1.165, 1.54) is 22.9 Å². The number of rotatable bonds is 8. The van der Waals surface area contributed by atoms with Crippen molar-refractivity contribution in [2.45, 2.75) is 30.5 Å². The minimum absolute atomic E-state index is 0.141. The van der Waals surface area contributed by atoms with Gasteiger partial charge >= 0.3 is 0 Å². The average molecular weight is 486 g/mol. The summed E-state index contributed by atoms with van der Waals surface area (Å²) in [5, 5.41) is 10.8. The number of halogens is 2. The van der Waals surface area contributed by atoms with Crippen molar-refractivity contribution >= 4 is 35.0 Å². The predicted molar refractivity (Wildman–Crippen MR) is 127 cm³/mol. The molecule has 0 N–H and O–H groups in total. The second-order valence-corrected chi connectivity index (χ2v) is 8.86. The molecular formula is C24H21Cl2N3O2S. The molecule has 0 spiro atoms. The molecule has 164 valence electrons. The van der Waals surface area contributed by atoms with Gasteiger partial charge in [-0.15, -0.1) is 11.6 Å². The first-order chi connectivity index (χ1) is 15.6. The highest BCUT2D eigenvalue weighted by Gasteiger charge is 2.26. The molecule has 0 saturated heterocycles. The van der Waals surface area contributed by atoms with Crippen LogP contribution in [-0.2, 0) is 13.0 Å². The van der Waals surface area contributed by atoms with Gasteiger partial charge in [-0.3, -0.25) is 0 Å². The van der Waals surface area contributed by atoms with Gasteiger partial charge in [-0.25, -0.2) is 9.97 Å². The summed E-state index contributed by atoms with van der Waals surface area (Å²) >= 11 is 13.7. The maximum atomic E-state index is 9.61. The van der Waals surface area contributed by atoms with E-state index in [9.17, 15) is 5.26 Å². The number of aromatic nitrogens is 2. The van der Waals surface area contributed by atoms with Gasteiger partial charge in [-0.1, -0.05) is 29.4 Å². The van der Waals surface area contributed by atoms with E-state index in [1.807, 2.05) is 30.5 Å². The number of ether oxygens (including phenoxy) is 2. The van der Waals surface area contributed by atoms with Gasteiger partial charge in [-0.2, -0.15) is 5.26 Å². The highest BCUT2D eigenvalue weighted by atomic mass is 35.5. The summed E-state index contributed by atoms with van der Waals surface area (Å²) < 4.78 is 11.6. The van der Waals surface area contributed by atoms with Crippen molar-refractivity contribution in [3.63, 3.8) is 0 Å². The fourth-order valence-corrected chi connectivity index (χ4v) is 4.65. The van der Waals surface area contributed by atoms with E-state index < -0.39 is 0 Å². The van der Waals surface area contributed by atoms with Crippen molar-refractivity contribution in [3.8, 4) is 17.6 Å². The molecule has 1 unspecified atom stereocenters. The Labute approximate surface area is 201 Å². The van der Waals surface area contributed by atoms with Crippen LogP contribution in [0.5, 0.6) is 11.5 Å². The fourth-order valence-electron chi connectivity index (χ4n) is 3.91. The summed E-state index contributed by atoms with van der Waals surface area (Å²) in [7, 11) is 0. The van der Waals surface area contributed by atoms with Gasteiger partial charge in [-0.05, 0) is 66.1 Å². The Bertz CT molecular complexity index is 1170. The SMILES string of the molecule is CSc1nccc(COc2ccc3c(c2)C(c2cc(Cl)c(OCCCl)c(C#N)c2)CC3)n1. The van der Waals surface area contributed by atoms with E-state index in [1.54, 1.807) is 6.20 Å². The Morgan fingerprint density at radius 1 is 1.22 bits per heavy atom. The average Bonchev–Trinajstić information content (AvgIpc) is 3.25. The third kappa shape index (κ3) is 4.96. The molecule has 0 aliphatic heterocycles. The van der Waals surface area contributed by atoms with Crippen LogP contribution < -0.4 is 9.47 Å². The number of nitriles is 1. The van der Waals surface area contributed by atoms with E-state index >= 15 is 0 Å². The standard InChI is InChI=1S/C24H21Cl2N3O2S/c1-32-24-28-8-6-18(29-24)14-31-19-4-2-15-3-5-20(21(15)12-19)16-10-17(13-27)23(22(26)11-16)30-9-7-25/h2,4,6,8,10-12,20H,3,5,7,9,14H2,1H3. The lowest BCUT2D eigenvalue weighted by Crippen LogP contribution is -2.04. The van der Waals surface area contributed by atoms with Crippen molar-refractivity contribution < 1.29 is 9.47 Å². The molecule has 0 radical (unpaired) electrons. The first-order valence-electron chi connectivity index (χ1n) is 10.2. The zero-order valence-electron chi connectivity index (χ0n) is 17.5. The zero-order chi connectivity index (χ0) is 22.5.